The van der Waals surface area contributed by atoms with Crippen LogP contribution in [0, 0.1) is 18.3 Å². The van der Waals surface area contributed by atoms with Crippen LogP contribution in [0.2, 0.25) is 10.0 Å². The molecule has 2 N–H and O–H groups in total. The number of aromatic nitrogens is 2. The summed E-state index contributed by atoms with van der Waals surface area (Å²) in [6, 6.07) is 15.5. The van der Waals surface area contributed by atoms with E-state index in [1.54, 1.807) is 49.4 Å². The molecule has 0 saturated carbocycles. The molecule has 0 aliphatic heterocycles. The Bertz CT molecular complexity index is 1060. The van der Waals surface area contributed by atoms with E-state index in [0.29, 0.717) is 33.6 Å². The number of hydrogen-bond donors (Lipinski definition) is 2. The van der Waals surface area contributed by atoms with E-state index in [-0.39, 0.29) is 10.7 Å². The number of aryl methyl sites for hydroxylation is 1. The number of nitrogens with one attached hydrogen (secondary N) is 2. The van der Waals surface area contributed by atoms with Crippen LogP contribution in [0.5, 0.6) is 0 Å². The number of anilines is 3. The lowest BCUT2D eigenvalue weighted by Gasteiger charge is -2.11. The number of nitrogens with zero attached hydrogens (tertiary/aromatic N) is 3. The summed E-state index contributed by atoms with van der Waals surface area (Å²) in [6.07, 6.45) is 0. The van der Waals surface area contributed by atoms with E-state index in [0.717, 1.165) is 0 Å². The monoisotopic (exact) mass is 397 g/mol. The predicted octanol–water partition coefficient (Wildman–Crippen LogP) is 4.96. The Kier molecular flexibility index (Phi) is 5.55. The Labute approximate surface area is 165 Å². The lowest BCUT2D eigenvalue weighted by Crippen LogP contribution is -2.15. The second-order valence-electron chi connectivity index (χ2n) is 5.52. The van der Waals surface area contributed by atoms with Crippen molar-refractivity contribution in [1.82, 2.24) is 9.97 Å². The van der Waals surface area contributed by atoms with E-state index in [9.17, 15) is 10.1 Å². The molecular formula is C19H13Cl2N5O. The quantitative estimate of drug-likeness (QED) is 0.648. The number of carbonyl (C=O) groups is 1. The Hall–Kier alpha value is -3.14. The fourth-order valence-electron chi connectivity index (χ4n) is 2.36. The lowest BCUT2D eigenvalue weighted by atomic mass is 10.2. The van der Waals surface area contributed by atoms with Crippen LogP contribution in [0.4, 0.5) is 17.2 Å². The number of rotatable bonds is 4. The summed E-state index contributed by atoms with van der Waals surface area (Å²) in [7, 11) is 0. The molecule has 3 aromatic rings. The molecule has 27 heavy (non-hydrogen) atoms. The van der Waals surface area contributed by atoms with Crippen molar-refractivity contribution in [2.75, 3.05) is 10.6 Å². The maximum absolute atomic E-state index is 12.6. The summed E-state index contributed by atoms with van der Waals surface area (Å²) < 4.78 is 0. The standard InChI is InChI=1S/C19H13Cl2N5O/c1-11-23-16(19(27)26-15-8-4-6-13(20)18(15)21)9-17(24-11)25-14-7-3-2-5-12(14)10-22/h2-9H,1H3,(H,26,27)(H,23,24,25). The second-order valence-corrected chi connectivity index (χ2v) is 6.31. The fourth-order valence-corrected chi connectivity index (χ4v) is 2.71. The third-order valence-corrected chi connectivity index (χ3v) is 4.40. The van der Waals surface area contributed by atoms with E-state index in [1.165, 1.54) is 6.07 Å². The van der Waals surface area contributed by atoms with Crippen LogP contribution in [0.25, 0.3) is 0 Å². The topological polar surface area (TPSA) is 90.7 Å². The number of benzene rings is 2. The van der Waals surface area contributed by atoms with Crippen molar-refractivity contribution in [3.05, 3.63) is 75.7 Å². The molecule has 0 bridgehead atoms. The van der Waals surface area contributed by atoms with Gasteiger partial charge in [0.25, 0.3) is 5.91 Å². The maximum atomic E-state index is 12.6. The minimum absolute atomic E-state index is 0.149. The average molecular weight is 398 g/mol. The molecule has 1 amide bonds. The Balaban J connectivity index is 1.88. The van der Waals surface area contributed by atoms with Gasteiger partial charge in [-0.3, -0.25) is 4.79 Å². The van der Waals surface area contributed by atoms with Crippen LogP contribution >= 0.6 is 23.2 Å². The van der Waals surface area contributed by atoms with Crippen molar-refractivity contribution in [3.8, 4) is 6.07 Å². The molecule has 0 fully saturated rings. The molecule has 0 aliphatic rings. The highest BCUT2D eigenvalue weighted by molar-refractivity contribution is 6.44. The highest BCUT2D eigenvalue weighted by atomic mass is 35.5. The zero-order valence-corrected chi connectivity index (χ0v) is 15.6. The fraction of sp³-hybridized carbons (Fsp3) is 0.0526. The number of carbonyl (C=O) groups excluding carboxylic acids is 1. The van der Waals surface area contributed by atoms with E-state index >= 15 is 0 Å². The first kappa shape index (κ1) is 18.6. The zero-order chi connectivity index (χ0) is 19.4. The molecule has 8 heteroatoms. The number of hydrogen-bond acceptors (Lipinski definition) is 5. The van der Waals surface area contributed by atoms with Crippen molar-refractivity contribution < 1.29 is 4.79 Å². The van der Waals surface area contributed by atoms with Crippen molar-refractivity contribution in [3.63, 3.8) is 0 Å². The Morgan fingerprint density at radius 2 is 1.81 bits per heavy atom. The van der Waals surface area contributed by atoms with Crippen LogP contribution in [-0.4, -0.2) is 15.9 Å². The first-order valence-corrected chi connectivity index (χ1v) is 8.60. The Morgan fingerprint density at radius 1 is 1.07 bits per heavy atom. The minimum Gasteiger partial charge on any atom is -0.339 e. The lowest BCUT2D eigenvalue weighted by molar-refractivity contribution is 0.102. The number of halogens is 2. The molecule has 0 unspecified atom stereocenters. The van der Waals surface area contributed by atoms with Gasteiger partial charge in [0.2, 0.25) is 0 Å². The molecule has 6 nitrogen and oxygen atoms in total. The molecule has 134 valence electrons. The molecule has 1 heterocycles. The molecule has 0 radical (unpaired) electrons. The highest BCUT2D eigenvalue weighted by Crippen LogP contribution is 2.30. The molecule has 0 spiro atoms. The Morgan fingerprint density at radius 3 is 2.59 bits per heavy atom. The summed E-state index contributed by atoms with van der Waals surface area (Å²) in [6.45, 7) is 1.67. The van der Waals surface area contributed by atoms with Crippen LogP contribution in [0.3, 0.4) is 0 Å². The van der Waals surface area contributed by atoms with Crippen LogP contribution < -0.4 is 10.6 Å². The van der Waals surface area contributed by atoms with E-state index in [1.807, 2.05) is 0 Å². The average Bonchev–Trinajstić information content (AvgIpc) is 2.65. The smallest absolute Gasteiger partial charge is 0.274 e. The van der Waals surface area contributed by atoms with E-state index < -0.39 is 5.91 Å². The predicted molar refractivity (Wildman–Crippen MR) is 106 cm³/mol. The SMILES string of the molecule is Cc1nc(Nc2ccccc2C#N)cc(C(=O)Nc2cccc(Cl)c2Cl)n1. The third kappa shape index (κ3) is 4.34. The van der Waals surface area contributed by atoms with Gasteiger partial charge in [-0.25, -0.2) is 9.97 Å². The molecule has 2 aromatic carbocycles. The normalized spacial score (nSPS) is 10.1. The van der Waals surface area contributed by atoms with Crippen LogP contribution in [0.15, 0.2) is 48.5 Å². The molecule has 0 aliphatic carbocycles. The molecule has 0 atom stereocenters. The van der Waals surface area contributed by atoms with Gasteiger partial charge in [0.15, 0.2) is 0 Å². The van der Waals surface area contributed by atoms with Gasteiger partial charge < -0.3 is 10.6 Å². The number of nitriles is 1. The zero-order valence-electron chi connectivity index (χ0n) is 14.1. The highest BCUT2D eigenvalue weighted by Gasteiger charge is 2.14. The van der Waals surface area contributed by atoms with Gasteiger partial charge in [-0.2, -0.15) is 5.26 Å². The van der Waals surface area contributed by atoms with Crippen molar-refractivity contribution in [2.24, 2.45) is 0 Å². The second kappa shape index (κ2) is 8.04. The molecular weight excluding hydrogens is 385 g/mol. The summed E-state index contributed by atoms with van der Waals surface area (Å²) in [4.78, 5) is 21.0. The summed E-state index contributed by atoms with van der Waals surface area (Å²) >= 11 is 12.1. The maximum Gasteiger partial charge on any atom is 0.274 e. The summed E-state index contributed by atoms with van der Waals surface area (Å²) in [5.74, 6) is 0.339. The van der Waals surface area contributed by atoms with E-state index in [4.69, 9.17) is 23.2 Å². The van der Waals surface area contributed by atoms with Gasteiger partial charge >= 0.3 is 0 Å². The molecule has 0 saturated heterocycles. The summed E-state index contributed by atoms with van der Waals surface area (Å²) in [5.41, 5.74) is 1.58. The first-order valence-electron chi connectivity index (χ1n) is 7.85. The first-order chi connectivity index (χ1) is 13.0. The largest absolute Gasteiger partial charge is 0.339 e. The van der Waals surface area contributed by atoms with Gasteiger partial charge in [0.1, 0.15) is 23.4 Å². The van der Waals surface area contributed by atoms with Gasteiger partial charge in [-0.15, -0.1) is 0 Å². The van der Waals surface area contributed by atoms with Gasteiger partial charge in [-0.05, 0) is 31.2 Å². The van der Waals surface area contributed by atoms with Crippen molar-refractivity contribution in [2.45, 2.75) is 6.92 Å². The van der Waals surface area contributed by atoms with Gasteiger partial charge in [0.05, 0.1) is 27.0 Å². The molecule has 3 rings (SSSR count). The summed E-state index contributed by atoms with van der Waals surface area (Å²) in [5, 5.41) is 15.5. The number of para-hydroxylation sites is 1. The van der Waals surface area contributed by atoms with Crippen LogP contribution in [-0.2, 0) is 0 Å². The van der Waals surface area contributed by atoms with Crippen LogP contribution in [0.1, 0.15) is 21.9 Å². The van der Waals surface area contributed by atoms with Gasteiger partial charge in [-0.1, -0.05) is 41.4 Å². The molecule has 1 aromatic heterocycles. The minimum atomic E-state index is -0.457. The number of amides is 1. The van der Waals surface area contributed by atoms with Crippen molar-refractivity contribution >= 4 is 46.3 Å². The third-order valence-electron chi connectivity index (χ3n) is 3.58. The van der Waals surface area contributed by atoms with Crippen molar-refractivity contribution in [1.29, 1.82) is 5.26 Å². The van der Waals surface area contributed by atoms with Gasteiger partial charge in [0, 0.05) is 6.07 Å². The van der Waals surface area contributed by atoms with E-state index in [2.05, 4.69) is 26.7 Å².